The molecule has 0 aromatic heterocycles. The van der Waals surface area contributed by atoms with Crippen LogP contribution in [0.2, 0.25) is 5.02 Å². The van der Waals surface area contributed by atoms with Gasteiger partial charge in [0, 0.05) is 23.7 Å². The normalized spacial score (nSPS) is 15.0. The lowest BCUT2D eigenvalue weighted by Gasteiger charge is -2.26. The fourth-order valence-corrected chi connectivity index (χ4v) is 3.33. The average Bonchev–Trinajstić information content (AvgIpc) is 2.67. The second-order valence-electron chi connectivity index (χ2n) is 6.45. The fourth-order valence-electron chi connectivity index (χ4n) is 3.15. The number of methoxy groups -OCH3 is 1. The van der Waals surface area contributed by atoms with Crippen LogP contribution in [0.4, 0.5) is 0 Å². The van der Waals surface area contributed by atoms with Crippen molar-refractivity contribution in [3.05, 3.63) is 58.6 Å². The molecule has 2 aromatic carbocycles. The van der Waals surface area contributed by atoms with Crippen molar-refractivity contribution in [3.8, 4) is 11.5 Å². The van der Waals surface area contributed by atoms with E-state index < -0.39 is 0 Å². The molecule has 3 rings (SSSR count). The van der Waals surface area contributed by atoms with E-state index in [9.17, 15) is 0 Å². The zero-order chi connectivity index (χ0) is 18.2. The van der Waals surface area contributed by atoms with E-state index in [-0.39, 0.29) is 0 Å². The lowest BCUT2D eigenvalue weighted by atomic mass is 10.1. The number of nitrogens with zero attached hydrogens (tertiary/aromatic N) is 1. The minimum absolute atomic E-state index is 0.459. The van der Waals surface area contributed by atoms with Gasteiger partial charge in [-0.25, -0.2) is 0 Å². The maximum Gasteiger partial charge on any atom is 0.125 e. The topological polar surface area (TPSA) is 30.9 Å². The van der Waals surface area contributed by atoms with Crippen LogP contribution in [0.25, 0.3) is 0 Å². The van der Waals surface area contributed by atoms with Gasteiger partial charge in [0.1, 0.15) is 18.1 Å². The van der Waals surface area contributed by atoms with Crippen molar-refractivity contribution >= 4 is 11.6 Å². The summed E-state index contributed by atoms with van der Waals surface area (Å²) in [6.07, 6.45) is 2.19. The van der Waals surface area contributed by atoms with Gasteiger partial charge in [-0.2, -0.15) is 0 Å². The Labute approximate surface area is 160 Å². The summed E-state index contributed by atoms with van der Waals surface area (Å²) in [7, 11) is 1.69. The largest absolute Gasteiger partial charge is 0.496 e. The van der Waals surface area contributed by atoms with E-state index >= 15 is 0 Å². The summed E-state index contributed by atoms with van der Waals surface area (Å²) in [6, 6.07) is 13.8. The molecule has 0 radical (unpaired) electrons. The Balaban J connectivity index is 1.56. The number of ether oxygens (including phenoxy) is 3. The van der Waals surface area contributed by atoms with Gasteiger partial charge >= 0.3 is 0 Å². The predicted molar refractivity (Wildman–Crippen MR) is 104 cm³/mol. The lowest BCUT2D eigenvalue weighted by molar-refractivity contribution is 0.0374. The first-order chi connectivity index (χ1) is 12.7. The summed E-state index contributed by atoms with van der Waals surface area (Å²) in [5, 5.41) is 0.673. The van der Waals surface area contributed by atoms with E-state index in [0.717, 1.165) is 62.8 Å². The SMILES string of the molecule is COc1ccc(CCCN2CCOCC2)cc1COc1cccc(Cl)c1. The quantitative estimate of drug-likeness (QED) is 0.692. The molecular formula is C21H26ClNO3. The van der Waals surface area contributed by atoms with E-state index in [1.165, 1.54) is 5.56 Å². The van der Waals surface area contributed by atoms with Crippen molar-refractivity contribution in [1.29, 1.82) is 0 Å². The van der Waals surface area contributed by atoms with Gasteiger partial charge in [-0.15, -0.1) is 0 Å². The minimum Gasteiger partial charge on any atom is -0.496 e. The summed E-state index contributed by atoms with van der Waals surface area (Å²) in [4.78, 5) is 2.47. The van der Waals surface area contributed by atoms with Gasteiger partial charge in [0.2, 0.25) is 0 Å². The summed E-state index contributed by atoms with van der Waals surface area (Å²) in [5.41, 5.74) is 2.36. The second kappa shape index (κ2) is 9.81. The van der Waals surface area contributed by atoms with E-state index in [0.29, 0.717) is 11.6 Å². The maximum absolute atomic E-state index is 6.02. The van der Waals surface area contributed by atoms with Crippen molar-refractivity contribution in [2.45, 2.75) is 19.4 Å². The van der Waals surface area contributed by atoms with Crippen molar-refractivity contribution in [1.82, 2.24) is 4.90 Å². The first-order valence-corrected chi connectivity index (χ1v) is 9.46. The number of halogens is 1. The zero-order valence-electron chi connectivity index (χ0n) is 15.2. The smallest absolute Gasteiger partial charge is 0.125 e. The summed E-state index contributed by atoms with van der Waals surface area (Å²) >= 11 is 6.02. The number of hydrogen-bond acceptors (Lipinski definition) is 4. The molecule has 26 heavy (non-hydrogen) atoms. The highest BCUT2D eigenvalue weighted by Gasteiger charge is 2.10. The standard InChI is InChI=1S/C21H26ClNO3/c1-24-21-8-7-17(4-3-9-23-10-12-25-13-11-23)14-18(21)16-26-20-6-2-5-19(22)15-20/h2,5-8,14-15H,3-4,9-13,16H2,1H3. The Morgan fingerprint density at radius 2 is 1.96 bits per heavy atom. The second-order valence-corrected chi connectivity index (χ2v) is 6.89. The number of benzene rings is 2. The highest BCUT2D eigenvalue weighted by Crippen LogP contribution is 2.24. The molecule has 0 spiro atoms. The van der Waals surface area contributed by atoms with Crippen LogP contribution in [0.3, 0.4) is 0 Å². The van der Waals surface area contributed by atoms with Crippen molar-refractivity contribution in [3.63, 3.8) is 0 Å². The van der Waals surface area contributed by atoms with Gasteiger partial charge in [-0.1, -0.05) is 23.7 Å². The first-order valence-electron chi connectivity index (χ1n) is 9.09. The highest BCUT2D eigenvalue weighted by atomic mass is 35.5. The minimum atomic E-state index is 0.459. The van der Waals surface area contributed by atoms with Gasteiger partial charge in [0.05, 0.1) is 20.3 Å². The van der Waals surface area contributed by atoms with Crippen LogP contribution in [0.5, 0.6) is 11.5 Å². The molecule has 1 aliphatic heterocycles. The maximum atomic E-state index is 6.02. The van der Waals surface area contributed by atoms with Gasteiger partial charge in [0.25, 0.3) is 0 Å². The van der Waals surface area contributed by atoms with Crippen molar-refractivity contribution in [2.24, 2.45) is 0 Å². The third-order valence-electron chi connectivity index (χ3n) is 4.58. The van der Waals surface area contributed by atoms with Gasteiger partial charge in [-0.05, 0) is 55.3 Å². The van der Waals surface area contributed by atoms with Crippen LogP contribution in [0.15, 0.2) is 42.5 Å². The first kappa shape index (κ1) is 19.0. The Hall–Kier alpha value is -1.75. The molecule has 1 saturated heterocycles. The summed E-state index contributed by atoms with van der Waals surface area (Å²) < 4.78 is 16.8. The Kier molecular flexibility index (Phi) is 7.18. The number of aryl methyl sites for hydroxylation is 1. The summed E-state index contributed by atoms with van der Waals surface area (Å²) in [5.74, 6) is 1.61. The summed E-state index contributed by atoms with van der Waals surface area (Å²) in [6.45, 7) is 5.37. The molecular weight excluding hydrogens is 350 g/mol. The van der Waals surface area contributed by atoms with Crippen LogP contribution < -0.4 is 9.47 Å². The molecule has 1 heterocycles. The molecule has 0 saturated carbocycles. The third kappa shape index (κ3) is 5.63. The van der Waals surface area contributed by atoms with Crippen molar-refractivity contribution in [2.75, 3.05) is 40.0 Å². The molecule has 1 fully saturated rings. The van der Waals surface area contributed by atoms with Crippen LogP contribution in [0.1, 0.15) is 17.5 Å². The molecule has 5 heteroatoms. The Morgan fingerprint density at radius 1 is 1.12 bits per heavy atom. The molecule has 0 N–H and O–H groups in total. The Morgan fingerprint density at radius 3 is 2.73 bits per heavy atom. The van der Waals surface area contributed by atoms with Gasteiger partial charge in [0.15, 0.2) is 0 Å². The number of hydrogen-bond donors (Lipinski definition) is 0. The third-order valence-corrected chi connectivity index (χ3v) is 4.81. The van der Waals surface area contributed by atoms with Crippen LogP contribution in [0, 0.1) is 0 Å². The molecule has 2 aromatic rings. The molecule has 140 valence electrons. The number of morpholine rings is 1. The van der Waals surface area contributed by atoms with Gasteiger partial charge in [-0.3, -0.25) is 4.90 Å². The molecule has 0 atom stereocenters. The van der Waals surface area contributed by atoms with Crippen LogP contribution in [-0.4, -0.2) is 44.9 Å². The lowest BCUT2D eigenvalue weighted by Crippen LogP contribution is -2.36. The molecule has 4 nitrogen and oxygen atoms in total. The Bertz CT molecular complexity index is 701. The highest BCUT2D eigenvalue weighted by molar-refractivity contribution is 6.30. The molecule has 0 aliphatic carbocycles. The van der Waals surface area contributed by atoms with E-state index in [1.807, 2.05) is 30.3 Å². The monoisotopic (exact) mass is 375 g/mol. The van der Waals surface area contributed by atoms with Gasteiger partial charge < -0.3 is 14.2 Å². The molecule has 1 aliphatic rings. The zero-order valence-corrected chi connectivity index (χ0v) is 16.0. The average molecular weight is 376 g/mol. The number of rotatable bonds is 8. The van der Waals surface area contributed by atoms with E-state index in [1.54, 1.807) is 7.11 Å². The fraction of sp³-hybridized carbons (Fsp3) is 0.429. The van der Waals surface area contributed by atoms with Crippen LogP contribution >= 0.6 is 11.6 Å². The van der Waals surface area contributed by atoms with Crippen LogP contribution in [-0.2, 0) is 17.8 Å². The predicted octanol–water partition coefficient (Wildman–Crippen LogP) is 4.19. The van der Waals surface area contributed by atoms with E-state index in [2.05, 4.69) is 17.0 Å². The molecule has 0 bridgehead atoms. The van der Waals surface area contributed by atoms with Crippen molar-refractivity contribution < 1.29 is 14.2 Å². The van der Waals surface area contributed by atoms with E-state index in [4.69, 9.17) is 25.8 Å². The molecule has 0 unspecified atom stereocenters. The molecule has 0 amide bonds.